The molecular weight excluding hydrogens is 403 g/mol. The van der Waals surface area contributed by atoms with Crippen LogP contribution in [0.5, 0.6) is 5.75 Å². The van der Waals surface area contributed by atoms with Crippen molar-refractivity contribution < 1.29 is 14.5 Å². The fourth-order valence-corrected chi connectivity index (χ4v) is 2.15. The van der Waals surface area contributed by atoms with Gasteiger partial charge in [0.1, 0.15) is 11.9 Å². The van der Waals surface area contributed by atoms with Crippen molar-refractivity contribution in [3.05, 3.63) is 28.3 Å². The zero-order chi connectivity index (χ0) is 18.5. The van der Waals surface area contributed by atoms with Crippen LogP contribution in [0.15, 0.2) is 18.2 Å². The van der Waals surface area contributed by atoms with Crippen LogP contribution in [0.2, 0.25) is 0 Å². The van der Waals surface area contributed by atoms with E-state index in [1.807, 2.05) is 0 Å². The predicted molar refractivity (Wildman–Crippen MR) is 96.9 cm³/mol. The first-order valence-corrected chi connectivity index (χ1v) is 7.82. The van der Waals surface area contributed by atoms with Gasteiger partial charge in [0, 0.05) is 19.1 Å². The number of nitrogens with zero attached hydrogens (tertiary/aromatic N) is 1. The molecule has 0 heterocycles. The zero-order valence-corrected chi connectivity index (χ0v) is 15.5. The maximum atomic E-state index is 11.2. The van der Waals surface area contributed by atoms with Gasteiger partial charge in [-0.2, -0.15) is 0 Å². The van der Waals surface area contributed by atoms with Crippen molar-refractivity contribution in [3.8, 4) is 5.75 Å². The molecule has 0 aromatic heterocycles. The smallest absolute Gasteiger partial charge is 0.271 e. The Balaban J connectivity index is 2.95. The van der Waals surface area contributed by atoms with Crippen molar-refractivity contribution in [1.82, 2.24) is 10.6 Å². The molecule has 1 amide bonds. The number of carbonyl (C=O) groups excluding carboxylic acids is 1. The molecule has 1 rings (SSSR count). The molecule has 132 valence electrons. The minimum Gasteiger partial charge on any atom is -0.495 e. The largest absolute Gasteiger partial charge is 0.495 e. The summed E-state index contributed by atoms with van der Waals surface area (Å²) >= 11 is 22.4. The lowest BCUT2D eigenvalue weighted by atomic mass is 10.2. The second-order valence-electron chi connectivity index (χ2n) is 4.42. The Kier molecular flexibility index (Phi) is 7.27. The van der Waals surface area contributed by atoms with Crippen molar-refractivity contribution in [1.29, 1.82) is 0 Å². The molecule has 3 N–H and O–H groups in total. The second kappa shape index (κ2) is 8.52. The van der Waals surface area contributed by atoms with Crippen LogP contribution in [0.3, 0.4) is 0 Å². The van der Waals surface area contributed by atoms with E-state index in [0.717, 1.165) is 0 Å². The van der Waals surface area contributed by atoms with E-state index in [4.69, 9.17) is 51.8 Å². The highest BCUT2D eigenvalue weighted by atomic mass is 35.6. The van der Waals surface area contributed by atoms with Gasteiger partial charge in [0.25, 0.3) is 5.69 Å². The van der Waals surface area contributed by atoms with E-state index in [0.29, 0.717) is 5.75 Å². The highest BCUT2D eigenvalue weighted by Gasteiger charge is 2.34. The van der Waals surface area contributed by atoms with Gasteiger partial charge >= 0.3 is 0 Å². The summed E-state index contributed by atoms with van der Waals surface area (Å²) in [6.07, 6.45) is -1.12. The van der Waals surface area contributed by atoms with E-state index >= 15 is 0 Å². The third kappa shape index (κ3) is 6.16. The van der Waals surface area contributed by atoms with Crippen molar-refractivity contribution in [2.75, 3.05) is 12.4 Å². The normalized spacial score (nSPS) is 12.0. The number of hydrogen-bond acceptors (Lipinski definition) is 5. The molecule has 0 spiro atoms. The standard InChI is InChI=1S/C12H13Cl3N4O4S/c1-6(20)16-10(12(13,14)15)18-11(24)17-8-5-7(19(21)22)3-4-9(8)23-2/h3-5,10H,1-2H3,(H,16,20)(H2,17,18,24)/t10-/m0/s1. The molecule has 12 heteroatoms. The first-order valence-electron chi connectivity index (χ1n) is 6.28. The van der Waals surface area contributed by atoms with E-state index < -0.39 is 20.8 Å². The van der Waals surface area contributed by atoms with E-state index in [2.05, 4.69) is 16.0 Å². The Morgan fingerprint density at radius 1 is 1.38 bits per heavy atom. The highest BCUT2D eigenvalue weighted by molar-refractivity contribution is 7.80. The van der Waals surface area contributed by atoms with Crippen LogP contribution in [0.4, 0.5) is 11.4 Å². The summed E-state index contributed by atoms with van der Waals surface area (Å²) in [5, 5.41) is 18.5. The molecule has 0 aliphatic carbocycles. The summed E-state index contributed by atoms with van der Waals surface area (Å²) in [4.78, 5) is 21.5. The third-order valence-corrected chi connectivity index (χ3v) is 3.47. The molecule has 1 aromatic carbocycles. The van der Waals surface area contributed by atoms with E-state index in [9.17, 15) is 14.9 Å². The number of alkyl halides is 3. The molecule has 0 aliphatic rings. The van der Waals surface area contributed by atoms with Gasteiger partial charge < -0.3 is 20.7 Å². The summed E-state index contributed by atoms with van der Waals surface area (Å²) in [6, 6.07) is 3.92. The van der Waals surface area contributed by atoms with Gasteiger partial charge in [-0.3, -0.25) is 14.9 Å². The fraction of sp³-hybridized carbons (Fsp3) is 0.333. The van der Waals surface area contributed by atoms with Crippen LogP contribution < -0.4 is 20.7 Å². The van der Waals surface area contributed by atoms with Crippen molar-refractivity contribution in [2.45, 2.75) is 16.9 Å². The SMILES string of the molecule is COc1ccc([N+](=O)[O-])cc1NC(=S)N[C@H](NC(C)=O)C(Cl)(Cl)Cl. The lowest BCUT2D eigenvalue weighted by Gasteiger charge is -2.27. The Morgan fingerprint density at radius 2 is 2.00 bits per heavy atom. The van der Waals surface area contributed by atoms with Crippen LogP contribution in [0, 0.1) is 10.1 Å². The Hall–Kier alpha value is -1.55. The van der Waals surface area contributed by atoms with Crippen LogP contribution >= 0.6 is 47.0 Å². The molecular formula is C12H13Cl3N4O4S. The average molecular weight is 416 g/mol. The number of hydrogen-bond donors (Lipinski definition) is 3. The maximum Gasteiger partial charge on any atom is 0.271 e. The minimum absolute atomic E-state index is 0.0427. The summed E-state index contributed by atoms with van der Waals surface area (Å²) in [6.45, 7) is 1.24. The van der Waals surface area contributed by atoms with Crippen molar-refractivity contribution in [3.63, 3.8) is 0 Å². The molecule has 24 heavy (non-hydrogen) atoms. The number of nitrogens with one attached hydrogen (secondary N) is 3. The number of anilines is 1. The monoisotopic (exact) mass is 414 g/mol. The van der Waals surface area contributed by atoms with Gasteiger partial charge in [-0.15, -0.1) is 0 Å². The lowest BCUT2D eigenvalue weighted by Crippen LogP contribution is -2.55. The van der Waals surface area contributed by atoms with Gasteiger partial charge in [-0.05, 0) is 18.3 Å². The number of methoxy groups -OCH3 is 1. The molecule has 0 aliphatic heterocycles. The van der Waals surface area contributed by atoms with E-state index in [-0.39, 0.29) is 16.5 Å². The molecule has 1 atom stereocenters. The second-order valence-corrected chi connectivity index (χ2v) is 7.19. The average Bonchev–Trinajstić information content (AvgIpc) is 2.44. The number of benzene rings is 1. The molecule has 8 nitrogen and oxygen atoms in total. The number of ether oxygens (including phenoxy) is 1. The Labute approximate surface area is 157 Å². The summed E-state index contributed by atoms with van der Waals surface area (Å²) in [5.41, 5.74) is 0.0657. The molecule has 0 unspecified atom stereocenters. The van der Waals surface area contributed by atoms with Crippen LogP contribution in [-0.4, -0.2) is 33.0 Å². The van der Waals surface area contributed by atoms with E-state index in [1.165, 1.54) is 32.2 Å². The maximum absolute atomic E-state index is 11.2. The molecule has 0 bridgehead atoms. The van der Waals surface area contributed by atoms with Crippen molar-refractivity contribution in [2.24, 2.45) is 0 Å². The van der Waals surface area contributed by atoms with Crippen LogP contribution in [-0.2, 0) is 4.79 Å². The number of thiocarbonyl (C=S) groups is 1. The quantitative estimate of drug-likeness (QED) is 0.223. The molecule has 0 radical (unpaired) electrons. The van der Waals surface area contributed by atoms with Crippen LogP contribution in [0.1, 0.15) is 6.92 Å². The predicted octanol–water partition coefficient (Wildman–Crippen LogP) is 2.72. The fourth-order valence-electron chi connectivity index (χ4n) is 1.60. The van der Waals surface area contributed by atoms with Gasteiger partial charge in [0.2, 0.25) is 9.70 Å². The Morgan fingerprint density at radius 3 is 2.46 bits per heavy atom. The Bertz CT molecular complexity index is 654. The number of carbonyl (C=O) groups is 1. The topological polar surface area (TPSA) is 106 Å². The number of halogens is 3. The number of non-ortho nitro benzene ring substituents is 1. The zero-order valence-electron chi connectivity index (χ0n) is 12.4. The molecule has 0 fully saturated rings. The summed E-state index contributed by atoms with van der Waals surface area (Å²) < 4.78 is 3.21. The lowest BCUT2D eigenvalue weighted by molar-refractivity contribution is -0.384. The van der Waals surface area contributed by atoms with Gasteiger partial charge in [0.05, 0.1) is 17.7 Å². The molecule has 1 aromatic rings. The molecule has 0 saturated carbocycles. The van der Waals surface area contributed by atoms with Gasteiger partial charge in [-0.25, -0.2) is 0 Å². The van der Waals surface area contributed by atoms with E-state index in [1.54, 1.807) is 0 Å². The van der Waals surface area contributed by atoms with Gasteiger partial charge in [-0.1, -0.05) is 34.8 Å². The first kappa shape index (κ1) is 20.5. The number of nitro groups is 1. The summed E-state index contributed by atoms with van der Waals surface area (Å²) in [5.74, 6) is -0.135. The van der Waals surface area contributed by atoms with Gasteiger partial charge in [0.15, 0.2) is 5.11 Å². The molecule has 0 saturated heterocycles. The number of amides is 1. The third-order valence-electron chi connectivity index (χ3n) is 2.59. The summed E-state index contributed by atoms with van der Waals surface area (Å²) in [7, 11) is 1.39. The van der Waals surface area contributed by atoms with Crippen LogP contribution in [0.25, 0.3) is 0 Å². The number of nitro benzene ring substituents is 1. The van der Waals surface area contributed by atoms with Crippen molar-refractivity contribution >= 4 is 69.4 Å². The number of rotatable bonds is 5. The first-order chi connectivity index (χ1) is 11.0. The minimum atomic E-state index is -1.88. The highest BCUT2D eigenvalue weighted by Crippen LogP contribution is 2.30.